The molecular formula is C22H22F2O4. The van der Waals surface area contributed by atoms with Gasteiger partial charge in [0, 0.05) is 17.1 Å². The van der Waals surface area contributed by atoms with E-state index in [0.29, 0.717) is 5.57 Å². The number of rotatable bonds is 5. The van der Waals surface area contributed by atoms with Crippen LogP contribution in [0.15, 0.2) is 48.2 Å². The SMILES string of the molecule is CCOC(=O)C1=C(c2ccc(F)c(F)c2OC)C(C)C(C)(c2ccccc2)O1. The van der Waals surface area contributed by atoms with E-state index in [2.05, 4.69) is 0 Å². The van der Waals surface area contributed by atoms with Crippen LogP contribution in [-0.2, 0) is 19.9 Å². The number of carbonyl (C=O) groups is 1. The van der Waals surface area contributed by atoms with E-state index in [1.807, 2.05) is 44.2 Å². The minimum Gasteiger partial charge on any atom is -0.493 e. The third kappa shape index (κ3) is 3.13. The summed E-state index contributed by atoms with van der Waals surface area (Å²) in [6.45, 7) is 5.57. The van der Waals surface area contributed by atoms with Crippen LogP contribution in [0, 0.1) is 17.6 Å². The molecule has 0 spiro atoms. The average molecular weight is 388 g/mol. The van der Waals surface area contributed by atoms with E-state index in [4.69, 9.17) is 14.2 Å². The number of esters is 1. The van der Waals surface area contributed by atoms with Crippen molar-refractivity contribution < 1.29 is 27.8 Å². The molecule has 0 bridgehead atoms. The zero-order valence-electron chi connectivity index (χ0n) is 16.2. The van der Waals surface area contributed by atoms with Crippen LogP contribution in [0.2, 0.25) is 0 Å². The Bertz CT molecular complexity index is 924. The van der Waals surface area contributed by atoms with Crippen molar-refractivity contribution in [2.45, 2.75) is 26.4 Å². The topological polar surface area (TPSA) is 44.8 Å². The maximum absolute atomic E-state index is 14.4. The molecule has 28 heavy (non-hydrogen) atoms. The predicted octanol–water partition coefficient (Wildman–Crippen LogP) is 4.83. The minimum atomic E-state index is -1.11. The Morgan fingerprint density at radius 3 is 2.46 bits per heavy atom. The summed E-state index contributed by atoms with van der Waals surface area (Å²) < 4.78 is 44.5. The Kier molecular flexibility index (Phi) is 5.40. The van der Waals surface area contributed by atoms with Gasteiger partial charge in [0.05, 0.1) is 13.7 Å². The van der Waals surface area contributed by atoms with Crippen LogP contribution in [0.4, 0.5) is 8.78 Å². The predicted molar refractivity (Wildman–Crippen MR) is 101 cm³/mol. The summed E-state index contributed by atoms with van der Waals surface area (Å²) in [5.74, 6) is -3.47. The molecule has 0 fully saturated rings. The molecule has 0 aliphatic carbocycles. The van der Waals surface area contributed by atoms with Gasteiger partial charge in [0.1, 0.15) is 5.60 Å². The fourth-order valence-electron chi connectivity index (χ4n) is 3.55. The van der Waals surface area contributed by atoms with Gasteiger partial charge < -0.3 is 14.2 Å². The van der Waals surface area contributed by atoms with Gasteiger partial charge in [0.2, 0.25) is 11.6 Å². The van der Waals surface area contributed by atoms with E-state index in [0.717, 1.165) is 11.6 Å². The molecule has 2 aromatic rings. The summed E-state index contributed by atoms with van der Waals surface area (Å²) in [5.41, 5.74) is 0.632. The second-order valence-electron chi connectivity index (χ2n) is 6.70. The number of ether oxygens (including phenoxy) is 3. The number of carbonyl (C=O) groups excluding carboxylic acids is 1. The van der Waals surface area contributed by atoms with E-state index in [1.165, 1.54) is 13.2 Å². The Morgan fingerprint density at radius 1 is 1.18 bits per heavy atom. The van der Waals surface area contributed by atoms with Crippen molar-refractivity contribution in [3.8, 4) is 5.75 Å². The lowest BCUT2D eigenvalue weighted by Crippen LogP contribution is -2.29. The first-order valence-electron chi connectivity index (χ1n) is 9.03. The molecule has 4 nitrogen and oxygen atoms in total. The van der Waals surface area contributed by atoms with Gasteiger partial charge in [-0.3, -0.25) is 0 Å². The smallest absolute Gasteiger partial charge is 0.373 e. The summed E-state index contributed by atoms with van der Waals surface area (Å²) in [5, 5.41) is 0. The first-order valence-corrected chi connectivity index (χ1v) is 9.03. The first kappa shape index (κ1) is 19.9. The minimum absolute atomic E-state index is 0.0231. The normalized spacial score (nSPS) is 21.4. The molecular weight excluding hydrogens is 366 g/mol. The largest absolute Gasteiger partial charge is 0.493 e. The van der Waals surface area contributed by atoms with Gasteiger partial charge in [0.15, 0.2) is 11.6 Å². The third-order valence-corrected chi connectivity index (χ3v) is 5.17. The number of benzene rings is 2. The highest BCUT2D eigenvalue weighted by Gasteiger charge is 2.48. The molecule has 2 atom stereocenters. The van der Waals surface area contributed by atoms with Crippen molar-refractivity contribution in [2.75, 3.05) is 13.7 Å². The van der Waals surface area contributed by atoms with Gasteiger partial charge in [0.25, 0.3) is 0 Å². The molecule has 1 aliphatic heterocycles. The van der Waals surface area contributed by atoms with Crippen molar-refractivity contribution in [2.24, 2.45) is 5.92 Å². The Morgan fingerprint density at radius 2 is 1.86 bits per heavy atom. The lowest BCUT2D eigenvalue weighted by Gasteiger charge is -2.30. The molecule has 6 heteroatoms. The van der Waals surface area contributed by atoms with E-state index < -0.39 is 23.2 Å². The van der Waals surface area contributed by atoms with Crippen molar-refractivity contribution in [3.05, 3.63) is 71.0 Å². The second kappa shape index (κ2) is 7.62. The van der Waals surface area contributed by atoms with Crippen LogP contribution in [0.1, 0.15) is 31.9 Å². The molecule has 0 saturated carbocycles. The van der Waals surface area contributed by atoms with E-state index >= 15 is 0 Å². The van der Waals surface area contributed by atoms with Crippen molar-refractivity contribution in [1.29, 1.82) is 0 Å². The quantitative estimate of drug-likeness (QED) is 0.689. The fraction of sp³-hybridized carbons (Fsp3) is 0.318. The van der Waals surface area contributed by atoms with Gasteiger partial charge in [-0.25, -0.2) is 9.18 Å². The average Bonchev–Trinajstić information content (AvgIpc) is 2.97. The zero-order valence-corrected chi connectivity index (χ0v) is 16.2. The Balaban J connectivity index is 2.21. The number of halogens is 2. The zero-order chi connectivity index (χ0) is 20.5. The van der Waals surface area contributed by atoms with E-state index in [9.17, 15) is 13.6 Å². The number of hydrogen-bond donors (Lipinski definition) is 0. The van der Waals surface area contributed by atoms with Crippen LogP contribution >= 0.6 is 0 Å². The van der Waals surface area contributed by atoms with Crippen molar-refractivity contribution in [3.63, 3.8) is 0 Å². The highest BCUT2D eigenvalue weighted by atomic mass is 19.2. The van der Waals surface area contributed by atoms with Gasteiger partial charge in [-0.1, -0.05) is 37.3 Å². The molecule has 0 aromatic heterocycles. The summed E-state index contributed by atoms with van der Waals surface area (Å²) in [6, 6.07) is 11.8. The van der Waals surface area contributed by atoms with Crippen LogP contribution < -0.4 is 4.74 Å². The monoisotopic (exact) mass is 388 g/mol. The lowest BCUT2D eigenvalue weighted by atomic mass is 9.79. The second-order valence-corrected chi connectivity index (χ2v) is 6.70. The van der Waals surface area contributed by atoms with Gasteiger partial charge in [-0.05, 0) is 31.5 Å². The highest BCUT2D eigenvalue weighted by Crippen LogP contribution is 2.52. The van der Waals surface area contributed by atoms with Crippen LogP contribution in [0.3, 0.4) is 0 Å². The Hall–Kier alpha value is -2.89. The lowest BCUT2D eigenvalue weighted by molar-refractivity contribution is -0.145. The molecule has 0 N–H and O–H groups in total. The van der Waals surface area contributed by atoms with Crippen molar-refractivity contribution in [1.82, 2.24) is 0 Å². The van der Waals surface area contributed by atoms with Crippen LogP contribution in [-0.4, -0.2) is 19.7 Å². The van der Waals surface area contributed by atoms with Gasteiger partial charge in [-0.2, -0.15) is 4.39 Å². The molecule has 1 heterocycles. The summed E-state index contributed by atoms with van der Waals surface area (Å²) in [4.78, 5) is 12.6. The fourth-order valence-corrected chi connectivity index (χ4v) is 3.55. The molecule has 0 radical (unpaired) electrons. The molecule has 0 amide bonds. The standard InChI is InChI=1S/C22H22F2O4/c1-5-27-21(25)20-17(15-11-12-16(23)18(24)19(15)26-4)13(2)22(3,28-20)14-9-7-6-8-10-14/h6-13H,5H2,1-4H3. The molecule has 3 rings (SSSR count). The highest BCUT2D eigenvalue weighted by molar-refractivity contribution is 5.98. The van der Waals surface area contributed by atoms with E-state index in [-0.39, 0.29) is 29.6 Å². The molecule has 1 aliphatic rings. The molecule has 2 unspecified atom stereocenters. The maximum atomic E-state index is 14.4. The van der Waals surface area contributed by atoms with E-state index in [1.54, 1.807) is 6.92 Å². The number of hydrogen-bond acceptors (Lipinski definition) is 4. The molecule has 2 aromatic carbocycles. The third-order valence-electron chi connectivity index (χ3n) is 5.17. The van der Waals surface area contributed by atoms with Crippen LogP contribution in [0.25, 0.3) is 5.57 Å². The van der Waals surface area contributed by atoms with Crippen molar-refractivity contribution >= 4 is 11.5 Å². The van der Waals surface area contributed by atoms with Gasteiger partial charge >= 0.3 is 5.97 Å². The summed E-state index contributed by atoms with van der Waals surface area (Å²) in [7, 11) is 1.25. The molecule has 148 valence electrons. The molecule has 0 saturated heterocycles. The number of methoxy groups -OCH3 is 1. The van der Waals surface area contributed by atoms with Gasteiger partial charge in [-0.15, -0.1) is 0 Å². The van der Waals surface area contributed by atoms with Crippen LogP contribution in [0.5, 0.6) is 5.75 Å². The summed E-state index contributed by atoms with van der Waals surface area (Å²) in [6.07, 6.45) is 0. The first-order chi connectivity index (χ1) is 13.3. The summed E-state index contributed by atoms with van der Waals surface area (Å²) >= 11 is 0. The maximum Gasteiger partial charge on any atom is 0.373 e. The Labute approximate surface area is 162 Å².